The van der Waals surface area contributed by atoms with Gasteiger partial charge in [-0.1, -0.05) is 81.4 Å². The lowest BCUT2D eigenvalue weighted by Crippen LogP contribution is -2.64. The van der Waals surface area contributed by atoms with E-state index in [0.29, 0.717) is 0 Å². The van der Waals surface area contributed by atoms with E-state index in [-0.39, 0.29) is 5.04 Å². The number of rotatable bonds is 4. The minimum Gasteiger partial charge on any atom is -0.424 e. The zero-order valence-corrected chi connectivity index (χ0v) is 18.0. The molecule has 0 bridgehead atoms. The van der Waals surface area contributed by atoms with Crippen LogP contribution in [-0.2, 0) is 14.3 Å². The Labute approximate surface area is 165 Å². The average Bonchev–Trinajstić information content (AvgIpc) is 2.61. The lowest BCUT2D eigenvalue weighted by Gasteiger charge is -2.38. The Kier molecular flexibility index (Phi) is 8.01. The molecule has 9 heteroatoms. The van der Waals surface area contributed by atoms with Gasteiger partial charge in [0.25, 0.3) is 8.32 Å². The normalized spacial score (nSPS) is 12.9. The molecule has 0 radical (unpaired) electrons. The Morgan fingerprint density at radius 1 is 0.893 bits per heavy atom. The molecule has 0 aliphatic heterocycles. The molecule has 0 unspecified atom stereocenters. The van der Waals surface area contributed by atoms with Crippen molar-refractivity contribution < 1.29 is 30.6 Å². The molecule has 2 aromatic rings. The van der Waals surface area contributed by atoms with E-state index in [4.69, 9.17) is 0 Å². The largest absolute Gasteiger partial charge is 0.523 e. The predicted octanol–water partition coefficient (Wildman–Crippen LogP) is 3.41. The standard InChI is InChI=1S/C16H20OSi.C3H5F3O3S/c1-16(2,3)18(17,14-10-6-4-7-11-14)15-12-8-5-9-13-15;1-2-9-10(7,8)3(4,5)6/h4-13,17H,1-3H3;2H2,1H3. The molecule has 0 spiro atoms. The maximum atomic E-state index is 11.4. The van der Waals surface area contributed by atoms with Crippen molar-refractivity contribution in [2.45, 2.75) is 38.2 Å². The van der Waals surface area contributed by atoms with Crippen molar-refractivity contribution in [2.75, 3.05) is 6.61 Å². The minimum atomic E-state index is -5.35. The smallest absolute Gasteiger partial charge is 0.424 e. The molecule has 1 N–H and O–H groups in total. The van der Waals surface area contributed by atoms with Crippen LogP contribution < -0.4 is 10.4 Å². The predicted molar refractivity (Wildman–Crippen MR) is 106 cm³/mol. The molecule has 4 nitrogen and oxygen atoms in total. The third kappa shape index (κ3) is 5.66. The van der Waals surface area contributed by atoms with Gasteiger partial charge in [0.15, 0.2) is 0 Å². The van der Waals surface area contributed by atoms with E-state index in [2.05, 4.69) is 25.0 Å². The number of hydrogen-bond donors (Lipinski definition) is 1. The van der Waals surface area contributed by atoms with Crippen LogP contribution in [0.25, 0.3) is 0 Å². The fraction of sp³-hybridized carbons (Fsp3) is 0.368. The van der Waals surface area contributed by atoms with Crippen LogP contribution >= 0.6 is 0 Å². The van der Waals surface area contributed by atoms with E-state index in [0.717, 1.165) is 17.3 Å². The summed E-state index contributed by atoms with van der Waals surface area (Å²) in [5.41, 5.74) is -5.30. The summed E-state index contributed by atoms with van der Waals surface area (Å²) in [5.74, 6) is 0. The van der Waals surface area contributed by atoms with Crippen molar-refractivity contribution in [1.29, 1.82) is 0 Å². The monoisotopic (exact) mass is 434 g/mol. The van der Waals surface area contributed by atoms with Gasteiger partial charge in [0.2, 0.25) is 0 Å². The molecule has 0 amide bonds. The molecular formula is C19H25F3O4SSi. The van der Waals surface area contributed by atoms with Gasteiger partial charge in [-0.3, -0.25) is 4.18 Å². The first-order valence-electron chi connectivity index (χ1n) is 8.56. The van der Waals surface area contributed by atoms with E-state index in [1.165, 1.54) is 0 Å². The summed E-state index contributed by atoms with van der Waals surface area (Å²) in [6, 6.07) is 20.2. The molecule has 156 valence electrons. The molecule has 2 aromatic carbocycles. The van der Waals surface area contributed by atoms with Crippen LogP contribution in [0.2, 0.25) is 5.04 Å². The number of halogens is 3. The van der Waals surface area contributed by atoms with Crippen molar-refractivity contribution in [3.63, 3.8) is 0 Å². The maximum Gasteiger partial charge on any atom is 0.523 e. The zero-order valence-electron chi connectivity index (χ0n) is 16.2. The quantitative estimate of drug-likeness (QED) is 0.455. The van der Waals surface area contributed by atoms with Gasteiger partial charge in [-0.15, -0.1) is 0 Å². The van der Waals surface area contributed by atoms with Gasteiger partial charge in [-0.05, 0) is 22.3 Å². The summed E-state index contributed by atoms with van der Waals surface area (Å²) in [4.78, 5) is 11.4. The molecule has 0 fully saturated rings. The minimum absolute atomic E-state index is 0.143. The van der Waals surface area contributed by atoms with Gasteiger partial charge in [0.05, 0.1) is 6.61 Å². The first-order valence-corrected chi connectivity index (χ1v) is 11.9. The Bertz CT molecular complexity index is 793. The second-order valence-corrected chi connectivity index (χ2v) is 12.7. The van der Waals surface area contributed by atoms with E-state index in [1.807, 2.05) is 60.7 Å². The highest BCUT2D eigenvalue weighted by Gasteiger charge is 2.47. The molecule has 0 aliphatic rings. The molecule has 0 heterocycles. The summed E-state index contributed by atoms with van der Waals surface area (Å²) in [5, 5.41) is 2.00. The second kappa shape index (κ2) is 9.21. The first-order chi connectivity index (χ1) is 12.8. The van der Waals surface area contributed by atoms with Gasteiger partial charge in [0.1, 0.15) is 0 Å². The van der Waals surface area contributed by atoms with Crippen LogP contribution in [0.4, 0.5) is 13.2 Å². The average molecular weight is 435 g/mol. The van der Waals surface area contributed by atoms with Gasteiger partial charge >= 0.3 is 15.6 Å². The van der Waals surface area contributed by atoms with Crippen LogP contribution in [0, 0.1) is 0 Å². The molecular weight excluding hydrogens is 409 g/mol. The van der Waals surface area contributed by atoms with Crippen molar-refractivity contribution in [3.8, 4) is 0 Å². The molecule has 0 atom stereocenters. The molecule has 28 heavy (non-hydrogen) atoms. The topological polar surface area (TPSA) is 63.6 Å². The Hall–Kier alpha value is -1.68. The third-order valence-electron chi connectivity index (χ3n) is 4.03. The van der Waals surface area contributed by atoms with Crippen LogP contribution in [0.3, 0.4) is 0 Å². The molecule has 0 aliphatic carbocycles. The Morgan fingerprint density at radius 3 is 1.46 bits per heavy atom. The van der Waals surface area contributed by atoms with Crippen LogP contribution in [0.5, 0.6) is 0 Å². The van der Waals surface area contributed by atoms with Gasteiger partial charge in [-0.2, -0.15) is 21.6 Å². The Morgan fingerprint density at radius 2 is 1.25 bits per heavy atom. The number of alkyl halides is 3. The van der Waals surface area contributed by atoms with Crippen molar-refractivity contribution in [2.24, 2.45) is 0 Å². The lowest BCUT2D eigenvalue weighted by atomic mass is 10.2. The summed E-state index contributed by atoms with van der Waals surface area (Å²) in [7, 11) is -8.05. The second-order valence-electron chi connectivity index (χ2n) is 7.00. The van der Waals surface area contributed by atoms with Crippen LogP contribution in [0.1, 0.15) is 27.7 Å². The van der Waals surface area contributed by atoms with Crippen molar-refractivity contribution in [3.05, 3.63) is 60.7 Å². The van der Waals surface area contributed by atoms with Crippen LogP contribution in [0.15, 0.2) is 60.7 Å². The SMILES string of the molecule is CC(C)(C)[Si](O)(c1ccccc1)c1ccccc1.CCOS(=O)(=O)C(F)(F)F. The van der Waals surface area contributed by atoms with E-state index >= 15 is 0 Å². The highest BCUT2D eigenvalue weighted by molar-refractivity contribution is 7.87. The van der Waals surface area contributed by atoms with Gasteiger partial charge in [0, 0.05) is 0 Å². The summed E-state index contributed by atoms with van der Waals surface area (Å²) >= 11 is 0. The summed E-state index contributed by atoms with van der Waals surface area (Å²) < 4.78 is 57.2. The number of hydrogen-bond acceptors (Lipinski definition) is 4. The molecule has 0 saturated heterocycles. The maximum absolute atomic E-state index is 11.4. The Balaban J connectivity index is 0.000000336. The molecule has 2 rings (SSSR count). The fourth-order valence-corrected chi connectivity index (χ4v) is 6.47. The fourth-order valence-electron chi connectivity index (χ4n) is 2.61. The van der Waals surface area contributed by atoms with Gasteiger partial charge < -0.3 is 4.80 Å². The zero-order chi connectivity index (χ0) is 21.6. The van der Waals surface area contributed by atoms with Crippen molar-refractivity contribution >= 4 is 28.8 Å². The van der Waals surface area contributed by atoms with E-state index < -0.39 is 30.6 Å². The van der Waals surface area contributed by atoms with E-state index in [1.54, 1.807) is 0 Å². The van der Waals surface area contributed by atoms with Gasteiger partial charge in [-0.25, -0.2) is 0 Å². The summed E-state index contributed by atoms with van der Waals surface area (Å²) in [6.45, 7) is 7.02. The highest BCUT2D eigenvalue weighted by Crippen LogP contribution is 2.33. The lowest BCUT2D eigenvalue weighted by molar-refractivity contribution is -0.0539. The van der Waals surface area contributed by atoms with Crippen LogP contribution in [-0.4, -0.2) is 33.6 Å². The third-order valence-corrected chi connectivity index (χ3v) is 9.65. The summed E-state index contributed by atoms with van der Waals surface area (Å²) in [6.07, 6.45) is 0. The van der Waals surface area contributed by atoms with E-state index in [9.17, 15) is 26.4 Å². The first kappa shape index (κ1) is 24.4. The number of benzene rings is 2. The molecule has 0 aromatic heterocycles. The highest BCUT2D eigenvalue weighted by atomic mass is 32.2. The van der Waals surface area contributed by atoms with Crippen molar-refractivity contribution in [1.82, 2.24) is 0 Å². The molecule has 0 saturated carbocycles.